The van der Waals surface area contributed by atoms with Crippen LogP contribution in [0.5, 0.6) is 5.75 Å². The molecule has 2 heterocycles. The number of aliphatic imine (C=N–C) groups is 1. The molecule has 8 heteroatoms. The largest absolute Gasteiger partial charge is 0.489 e. The van der Waals surface area contributed by atoms with Gasteiger partial charge < -0.3 is 19.5 Å². The maximum atomic E-state index is 6.07. The first-order valence-electron chi connectivity index (χ1n) is 10.4. The lowest BCUT2D eigenvalue weighted by Crippen LogP contribution is -2.52. The van der Waals surface area contributed by atoms with Crippen molar-refractivity contribution in [3.05, 3.63) is 47.3 Å². The summed E-state index contributed by atoms with van der Waals surface area (Å²) in [5, 5.41) is 7.53. The predicted octanol–water partition coefficient (Wildman–Crippen LogP) is 3.46. The summed E-state index contributed by atoms with van der Waals surface area (Å²) in [4.78, 5) is 9.57. The Balaban J connectivity index is 0.00000320. The summed E-state index contributed by atoms with van der Waals surface area (Å²) in [7, 11) is 0. The summed E-state index contributed by atoms with van der Waals surface area (Å²) in [6.45, 7) is 14.3. The van der Waals surface area contributed by atoms with E-state index in [1.165, 1.54) is 0 Å². The number of rotatable bonds is 7. The second kappa shape index (κ2) is 12.1. The molecule has 0 aliphatic carbocycles. The highest BCUT2D eigenvalue weighted by atomic mass is 127. The van der Waals surface area contributed by atoms with Crippen LogP contribution in [0.4, 0.5) is 0 Å². The second-order valence-corrected chi connectivity index (χ2v) is 7.58. The standard InChI is InChI=1S/C22H33N5O2.HI/c1-5-23-22(24-15-19(4)28-21-9-7-6-8-17(21)2)27-12-10-26(11-13-27)16-20-14-18(3)29-25-20;/h6-9,14,19H,5,10-13,15-16H2,1-4H3,(H,23,24);1H. The van der Waals surface area contributed by atoms with Crippen LogP contribution in [0.1, 0.15) is 30.9 Å². The summed E-state index contributed by atoms with van der Waals surface area (Å²) in [5.41, 5.74) is 2.15. The van der Waals surface area contributed by atoms with Gasteiger partial charge in [0, 0.05) is 45.3 Å². The SMILES string of the molecule is CCNC(=NCC(C)Oc1ccccc1C)N1CCN(Cc2cc(C)on2)CC1.I. The van der Waals surface area contributed by atoms with E-state index < -0.39 is 0 Å². The normalized spacial score (nSPS) is 16.1. The van der Waals surface area contributed by atoms with Gasteiger partial charge in [-0.25, -0.2) is 4.99 Å². The fourth-order valence-corrected chi connectivity index (χ4v) is 3.42. The van der Waals surface area contributed by atoms with E-state index in [1.54, 1.807) is 0 Å². The number of hydrogen-bond donors (Lipinski definition) is 1. The fraction of sp³-hybridized carbons (Fsp3) is 0.545. The van der Waals surface area contributed by atoms with E-state index in [9.17, 15) is 0 Å². The van der Waals surface area contributed by atoms with Crippen molar-refractivity contribution in [2.75, 3.05) is 39.3 Å². The molecule has 1 fully saturated rings. The number of ether oxygens (including phenoxy) is 1. The molecule has 1 aliphatic heterocycles. The van der Waals surface area contributed by atoms with Crippen LogP contribution >= 0.6 is 24.0 Å². The summed E-state index contributed by atoms with van der Waals surface area (Å²) < 4.78 is 11.2. The molecule has 1 atom stereocenters. The molecular formula is C22H34IN5O2. The van der Waals surface area contributed by atoms with Gasteiger partial charge >= 0.3 is 0 Å². The first kappa shape index (κ1) is 24.5. The minimum absolute atomic E-state index is 0. The van der Waals surface area contributed by atoms with Crippen LogP contribution in [0.25, 0.3) is 0 Å². The fourth-order valence-electron chi connectivity index (χ4n) is 3.42. The third-order valence-electron chi connectivity index (χ3n) is 4.99. The Hall–Kier alpha value is -1.81. The van der Waals surface area contributed by atoms with Gasteiger partial charge in [-0.15, -0.1) is 24.0 Å². The van der Waals surface area contributed by atoms with Gasteiger partial charge in [-0.05, 0) is 39.3 Å². The lowest BCUT2D eigenvalue weighted by Gasteiger charge is -2.36. The Labute approximate surface area is 196 Å². The third-order valence-corrected chi connectivity index (χ3v) is 4.99. The Bertz CT molecular complexity index is 802. The summed E-state index contributed by atoms with van der Waals surface area (Å²) >= 11 is 0. The average molecular weight is 527 g/mol. The summed E-state index contributed by atoms with van der Waals surface area (Å²) in [6.07, 6.45) is 0.0152. The molecule has 0 amide bonds. The van der Waals surface area contributed by atoms with Crippen molar-refractivity contribution in [2.45, 2.75) is 40.3 Å². The number of guanidine groups is 1. The van der Waals surface area contributed by atoms with Gasteiger partial charge in [0.15, 0.2) is 5.96 Å². The predicted molar refractivity (Wildman–Crippen MR) is 131 cm³/mol. The van der Waals surface area contributed by atoms with Crippen LogP contribution in [0.3, 0.4) is 0 Å². The topological polar surface area (TPSA) is 66.1 Å². The zero-order chi connectivity index (χ0) is 20.6. The molecule has 0 bridgehead atoms. The van der Waals surface area contributed by atoms with Crippen molar-refractivity contribution < 1.29 is 9.26 Å². The van der Waals surface area contributed by atoms with E-state index in [2.05, 4.69) is 47.1 Å². The molecule has 1 aliphatic rings. The Morgan fingerprint density at radius 1 is 1.23 bits per heavy atom. The van der Waals surface area contributed by atoms with Gasteiger partial charge in [0.1, 0.15) is 17.6 Å². The summed E-state index contributed by atoms with van der Waals surface area (Å²) in [5.74, 6) is 2.75. The van der Waals surface area contributed by atoms with Crippen LogP contribution in [0.2, 0.25) is 0 Å². The van der Waals surface area contributed by atoms with Gasteiger partial charge in [0.25, 0.3) is 0 Å². The number of nitrogens with one attached hydrogen (secondary N) is 1. The number of nitrogens with zero attached hydrogens (tertiary/aromatic N) is 4. The molecule has 1 N–H and O–H groups in total. The molecule has 3 rings (SSSR count). The van der Waals surface area contributed by atoms with Crippen molar-refractivity contribution in [2.24, 2.45) is 4.99 Å². The first-order valence-corrected chi connectivity index (χ1v) is 10.4. The Morgan fingerprint density at radius 2 is 1.97 bits per heavy atom. The maximum absolute atomic E-state index is 6.07. The molecule has 166 valence electrons. The van der Waals surface area contributed by atoms with Crippen molar-refractivity contribution in [1.29, 1.82) is 0 Å². The van der Waals surface area contributed by atoms with Crippen molar-refractivity contribution >= 4 is 29.9 Å². The van der Waals surface area contributed by atoms with E-state index in [0.29, 0.717) is 6.54 Å². The minimum atomic E-state index is 0. The molecular weight excluding hydrogens is 493 g/mol. The first-order chi connectivity index (χ1) is 14.0. The zero-order valence-corrected chi connectivity index (χ0v) is 20.8. The minimum Gasteiger partial charge on any atom is -0.489 e. The molecule has 1 aromatic carbocycles. The number of hydrogen-bond acceptors (Lipinski definition) is 5. The van der Waals surface area contributed by atoms with Gasteiger partial charge in [0.05, 0.1) is 12.2 Å². The van der Waals surface area contributed by atoms with Crippen LogP contribution < -0.4 is 10.1 Å². The summed E-state index contributed by atoms with van der Waals surface area (Å²) in [6, 6.07) is 10.1. The van der Waals surface area contributed by atoms with E-state index in [4.69, 9.17) is 14.3 Å². The molecule has 1 unspecified atom stereocenters. The molecule has 7 nitrogen and oxygen atoms in total. The number of benzene rings is 1. The number of halogens is 1. The maximum Gasteiger partial charge on any atom is 0.194 e. The van der Waals surface area contributed by atoms with E-state index in [-0.39, 0.29) is 30.1 Å². The second-order valence-electron chi connectivity index (χ2n) is 7.58. The molecule has 0 spiro atoms. The van der Waals surface area contributed by atoms with Crippen LogP contribution in [-0.2, 0) is 6.54 Å². The molecule has 30 heavy (non-hydrogen) atoms. The lowest BCUT2D eigenvalue weighted by atomic mass is 10.2. The highest BCUT2D eigenvalue weighted by molar-refractivity contribution is 14.0. The number of aryl methyl sites for hydroxylation is 2. The number of aromatic nitrogens is 1. The highest BCUT2D eigenvalue weighted by Crippen LogP contribution is 2.18. The smallest absolute Gasteiger partial charge is 0.194 e. The molecule has 0 saturated carbocycles. The molecule has 1 saturated heterocycles. The van der Waals surface area contributed by atoms with Crippen LogP contribution in [0, 0.1) is 13.8 Å². The molecule has 2 aromatic rings. The van der Waals surface area contributed by atoms with E-state index in [0.717, 1.165) is 68.0 Å². The van der Waals surface area contributed by atoms with E-state index >= 15 is 0 Å². The van der Waals surface area contributed by atoms with Gasteiger partial charge in [0.2, 0.25) is 0 Å². The Kier molecular flexibility index (Phi) is 9.90. The van der Waals surface area contributed by atoms with Crippen molar-refractivity contribution in [1.82, 2.24) is 20.3 Å². The van der Waals surface area contributed by atoms with Crippen LogP contribution in [0.15, 0.2) is 39.8 Å². The number of piperazine rings is 1. The van der Waals surface area contributed by atoms with Gasteiger partial charge in [-0.2, -0.15) is 0 Å². The molecule has 0 radical (unpaired) electrons. The highest BCUT2D eigenvalue weighted by Gasteiger charge is 2.20. The molecule has 1 aromatic heterocycles. The van der Waals surface area contributed by atoms with Crippen molar-refractivity contribution in [3.8, 4) is 5.75 Å². The Morgan fingerprint density at radius 3 is 2.60 bits per heavy atom. The van der Waals surface area contributed by atoms with Gasteiger partial charge in [-0.3, -0.25) is 4.90 Å². The quantitative estimate of drug-likeness (QED) is 0.338. The van der Waals surface area contributed by atoms with Crippen molar-refractivity contribution in [3.63, 3.8) is 0 Å². The third kappa shape index (κ3) is 7.16. The lowest BCUT2D eigenvalue weighted by molar-refractivity contribution is 0.168. The monoisotopic (exact) mass is 527 g/mol. The van der Waals surface area contributed by atoms with Crippen LogP contribution in [-0.4, -0.2) is 66.3 Å². The van der Waals surface area contributed by atoms with Gasteiger partial charge in [-0.1, -0.05) is 23.4 Å². The number of para-hydroxylation sites is 1. The average Bonchev–Trinajstić information content (AvgIpc) is 3.12. The zero-order valence-electron chi connectivity index (χ0n) is 18.4. The van der Waals surface area contributed by atoms with E-state index in [1.807, 2.05) is 31.2 Å².